The van der Waals surface area contributed by atoms with Crippen molar-refractivity contribution in [3.63, 3.8) is 0 Å². The molecule has 158 valence electrons. The van der Waals surface area contributed by atoms with E-state index in [2.05, 4.69) is 27.7 Å². The van der Waals surface area contributed by atoms with Crippen molar-refractivity contribution in [3.05, 3.63) is 52.5 Å². The summed E-state index contributed by atoms with van der Waals surface area (Å²) in [5, 5.41) is 0. The number of rotatable bonds is 2. The van der Waals surface area contributed by atoms with Crippen LogP contribution < -0.4 is 4.74 Å². The van der Waals surface area contributed by atoms with Gasteiger partial charge in [-0.05, 0) is 28.5 Å². The Morgan fingerprint density at radius 2 is 1.33 bits per heavy atom. The Balaban J connectivity index is 1.84. The Kier molecular flexibility index (Phi) is 4.75. The summed E-state index contributed by atoms with van der Waals surface area (Å²) in [7, 11) is 0. The van der Waals surface area contributed by atoms with E-state index in [0.29, 0.717) is 54.1 Å². The number of allylic oxidation sites excluding steroid dienone is 4. The monoisotopic (exact) mass is 408 g/mol. The highest BCUT2D eigenvalue weighted by Crippen LogP contribution is 2.53. The van der Waals surface area contributed by atoms with Crippen molar-refractivity contribution in [2.75, 3.05) is 0 Å². The molecule has 1 aliphatic heterocycles. The highest BCUT2D eigenvalue weighted by Gasteiger charge is 2.47. The third-order valence-corrected chi connectivity index (χ3v) is 6.06. The Bertz CT molecular complexity index is 952. The minimum Gasteiger partial charge on any atom is -0.465 e. The van der Waals surface area contributed by atoms with E-state index in [1.54, 1.807) is 12.1 Å². The molecule has 4 rings (SSSR count). The molecule has 30 heavy (non-hydrogen) atoms. The summed E-state index contributed by atoms with van der Waals surface area (Å²) in [6.45, 7) is 9.63. The van der Waals surface area contributed by atoms with Crippen LogP contribution in [0.1, 0.15) is 71.8 Å². The maximum atomic E-state index is 13.2. The van der Waals surface area contributed by atoms with Gasteiger partial charge in [0, 0.05) is 49.7 Å². The predicted molar refractivity (Wildman–Crippen MR) is 112 cm³/mol. The van der Waals surface area contributed by atoms with Gasteiger partial charge in [0.25, 0.3) is 0 Å². The molecule has 0 spiro atoms. The second kappa shape index (κ2) is 6.93. The van der Waals surface area contributed by atoms with Gasteiger partial charge >= 0.3 is 5.97 Å². The van der Waals surface area contributed by atoms with Crippen molar-refractivity contribution in [2.45, 2.75) is 66.2 Å². The van der Waals surface area contributed by atoms with E-state index in [9.17, 15) is 14.4 Å². The molecule has 3 aliphatic rings. The van der Waals surface area contributed by atoms with Gasteiger partial charge in [-0.2, -0.15) is 0 Å². The number of ketones is 2. The third kappa shape index (κ3) is 3.73. The van der Waals surface area contributed by atoms with Crippen molar-refractivity contribution in [1.82, 2.24) is 0 Å². The van der Waals surface area contributed by atoms with Crippen LogP contribution in [0.3, 0.4) is 0 Å². The normalized spacial score (nSPS) is 23.0. The number of hydrogen-bond acceptors (Lipinski definition) is 5. The molecule has 1 heterocycles. The second-order valence-corrected chi connectivity index (χ2v) is 10.3. The zero-order valence-electron chi connectivity index (χ0n) is 18.3. The predicted octanol–water partition coefficient (Wildman–Crippen LogP) is 5.01. The molecule has 0 saturated carbocycles. The van der Waals surface area contributed by atoms with E-state index in [1.165, 1.54) is 6.92 Å². The summed E-state index contributed by atoms with van der Waals surface area (Å²) in [6.07, 6.45) is 2.20. The lowest BCUT2D eigenvalue weighted by Crippen LogP contribution is -2.37. The van der Waals surface area contributed by atoms with Crippen LogP contribution in [0.4, 0.5) is 0 Å². The summed E-state index contributed by atoms with van der Waals surface area (Å²) >= 11 is 0. The maximum absolute atomic E-state index is 13.2. The van der Waals surface area contributed by atoms with Crippen LogP contribution in [0, 0.1) is 10.8 Å². The van der Waals surface area contributed by atoms with Gasteiger partial charge in [0.05, 0.1) is 0 Å². The summed E-state index contributed by atoms with van der Waals surface area (Å²) in [4.78, 5) is 37.7. The average molecular weight is 408 g/mol. The van der Waals surface area contributed by atoms with Gasteiger partial charge in [-0.25, -0.2) is 0 Å². The van der Waals surface area contributed by atoms with Gasteiger partial charge in [0.15, 0.2) is 11.6 Å². The molecule has 0 bridgehead atoms. The van der Waals surface area contributed by atoms with Crippen molar-refractivity contribution in [2.24, 2.45) is 10.8 Å². The standard InChI is InChI=1S/C25H28O5/c1-14(26)29-16-8-6-15(7-9-16)21-22-17(27)10-24(2,3)12-19(22)30-20-13-25(4,5)11-18(28)23(20)21/h6-9,21H,10-13H2,1-5H3. The Morgan fingerprint density at radius 1 is 0.867 bits per heavy atom. The molecule has 0 unspecified atom stereocenters. The first-order chi connectivity index (χ1) is 14.0. The first kappa shape index (κ1) is 20.6. The van der Waals surface area contributed by atoms with Crippen molar-refractivity contribution < 1.29 is 23.9 Å². The van der Waals surface area contributed by atoms with Crippen LogP contribution in [0.5, 0.6) is 5.75 Å². The zero-order chi connectivity index (χ0) is 21.8. The molecule has 0 radical (unpaired) electrons. The molecule has 1 aromatic rings. The van der Waals surface area contributed by atoms with Crippen LogP contribution in [0.2, 0.25) is 0 Å². The van der Waals surface area contributed by atoms with Crippen LogP contribution in [-0.4, -0.2) is 17.5 Å². The first-order valence-electron chi connectivity index (χ1n) is 10.4. The van der Waals surface area contributed by atoms with E-state index >= 15 is 0 Å². The highest BCUT2D eigenvalue weighted by molar-refractivity contribution is 6.06. The van der Waals surface area contributed by atoms with Gasteiger partial charge in [-0.1, -0.05) is 39.8 Å². The van der Waals surface area contributed by atoms with Crippen LogP contribution in [-0.2, 0) is 19.1 Å². The number of Topliss-reactive ketones (excluding diaryl/α,β-unsaturated/α-hetero) is 2. The Morgan fingerprint density at radius 3 is 1.77 bits per heavy atom. The van der Waals surface area contributed by atoms with E-state index < -0.39 is 11.9 Å². The largest absolute Gasteiger partial charge is 0.465 e. The topological polar surface area (TPSA) is 69.7 Å². The fraction of sp³-hybridized carbons (Fsp3) is 0.480. The molecule has 0 aromatic heterocycles. The van der Waals surface area contributed by atoms with Gasteiger partial charge in [-0.3, -0.25) is 14.4 Å². The van der Waals surface area contributed by atoms with Crippen LogP contribution in [0.25, 0.3) is 0 Å². The summed E-state index contributed by atoms with van der Waals surface area (Å²) < 4.78 is 11.4. The number of ether oxygens (including phenoxy) is 2. The Hall–Kier alpha value is -2.69. The van der Waals surface area contributed by atoms with E-state index in [-0.39, 0.29) is 22.4 Å². The summed E-state index contributed by atoms with van der Waals surface area (Å²) in [6, 6.07) is 7.09. The van der Waals surface area contributed by atoms with Crippen LogP contribution in [0.15, 0.2) is 46.9 Å². The number of benzene rings is 1. The second-order valence-electron chi connectivity index (χ2n) is 10.3. The molecule has 1 aromatic carbocycles. The molecule has 0 fully saturated rings. The summed E-state index contributed by atoms with van der Waals surface area (Å²) in [5.41, 5.74) is 1.72. The number of carbonyl (C=O) groups is 3. The molecular formula is C25H28O5. The Labute approximate surface area is 177 Å². The first-order valence-corrected chi connectivity index (χ1v) is 10.4. The molecule has 5 nitrogen and oxygen atoms in total. The molecule has 0 N–H and O–H groups in total. The minimum atomic E-state index is -0.428. The molecular weight excluding hydrogens is 380 g/mol. The third-order valence-electron chi connectivity index (χ3n) is 6.06. The highest BCUT2D eigenvalue weighted by atomic mass is 16.5. The van der Waals surface area contributed by atoms with Crippen LogP contribution >= 0.6 is 0 Å². The zero-order valence-corrected chi connectivity index (χ0v) is 18.3. The molecule has 0 amide bonds. The lowest BCUT2D eigenvalue weighted by molar-refractivity contribution is -0.132. The fourth-order valence-corrected chi connectivity index (χ4v) is 4.90. The number of hydrogen-bond donors (Lipinski definition) is 0. The quantitative estimate of drug-likeness (QED) is 0.508. The van der Waals surface area contributed by atoms with E-state index in [1.807, 2.05) is 12.1 Å². The van der Waals surface area contributed by atoms with Crippen molar-refractivity contribution in [1.29, 1.82) is 0 Å². The molecule has 0 atom stereocenters. The van der Waals surface area contributed by atoms with Crippen molar-refractivity contribution in [3.8, 4) is 5.75 Å². The average Bonchev–Trinajstić information content (AvgIpc) is 2.58. The van der Waals surface area contributed by atoms with E-state index in [0.717, 1.165) is 5.56 Å². The van der Waals surface area contributed by atoms with Gasteiger partial charge in [0.1, 0.15) is 17.3 Å². The minimum absolute atomic E-state index is 0.0412. The molecule has 2 aliphatic carbocycles. The van der Waals surface area contributed by atoms with Gasteiger partial charge in [0.2, 0.25) is 0 Å². The fourth-order valence-electron chi connectivity index (χ4n) is 4.90. The molecule has 5 heteroatoms. The maximum Gasteiger partial charge on any atom is 0.308 e. The van der Waals surface area contributed by atoms with Crippen molar-refractivity contribution >= 4 is 17.5 Å². The smallest absolute Gasteiger partial charge is 0.308 e. The summed E-state index contributed by atoms with van der Waals surface area (Å²) in [5.74, 6) is 1.11. The number of esters is 1. The number of carbonyl (C=O) groups excluding carboxylic acids is 3. The molecule has 0 saturated heterocycles. The van der Waals surface area contributed by atoms with Gasteiger partial charge < -0.3 is 9.47 Å². The van der Waals surface area contributed by atoms with Gasteiger partial charge in [-0.15, -0.1) is 0 Å². The lowest BCUT2D eigenvalue weighted by Gasteiger charge is -2.42. The lowest BCUT2D eigenvalue weighted by atomic mass is 9.65. The SMILES string of the molecule is CC(=O)Oc1ccc(C2C3=C(CC(C)(C)CC3=O)OC3=C2C(=O)CC(C)(C)C3)cc1. The van der Waals surface area contributed by atoms with E-state index in [4.69, 9.17) is 9.47 Å².